The molecule has 0 heterocycles. The minimum Gasteiger partial charge on any atom is -0.386 e. The smallest absolute Gasteiger partial charge is 0.386 e. The second-order valence-corrected chi connectivity index (χ2v) is 4.00. The molecule has 1 fully saturated rings. The van der Waals surface area contributed by atoms with Crippen molar-refractivity contribution in [2.45, 2.75) is 31.0 Å². The van der Waals surface area contributed by atoms with E-state index in [1.54, 1.807) is 0 Å². The Kier molecular flexibility index (Phi) is 3.97. The Bertz CT molecular complexity index is 206. The normalized spacial score (nSPS) is 21.4. The molecule has 0 aromatic rings. The first-order chi connectivity index (χ1) is 6.87. The van der Waals surface area contributed by atoms with Gasteiger partial charge in [0.25, 0.3) is 0 Å². The highest BCUT2D eigenvalue weighted by Crippen LogP contribution is 2.39. The molecule has 3 nitrogen and oxygen atoms in total. The first kappa shape index (κ1) is 12.7. The Balaban J connectivity index is 2.18. The lowest BCUT2D eigenvalue weighted by molar-refractivity contribution is -0.151. The van der Waals surface area contributed by atoms with Crippen molar-refractivity contribution in [1.29, 1.82) is 0 Å². The summed E-state index contributed by atoms with van der Waals surface area (Å²) in [4.78, 5) is 0. The van der Waals surface area contributed by atoms with Gasteiger partial charge in [0, 0.05) is 6.54 Å². The van der Waals surface area contributed by atoms with E-state index in [9.17, 15) is 18.3 Å². The molecule has 0 bridgehead atoms. The van der Waals surface area contributed by atoms with Crippen LogP contribution in [0, 0.1) is 5.92 Å². The third-order valence-electron chi connectivity index (χ3n) is 2.57. The average molecular weight is 227 g/mol. The van der Waals surface area contributed by atoms with Crippen molar-refractivity contribution in [3.05, 3.63) is 0 Å². The Labute approximate surface area is 86.4 Å². The lowest BCUT2D eigenvalue weighted by atomic mass is 9.99. The predicted molar refractivity (Wildman–Crippen MR) is 48.2 cm³/mol. The van der Waals surface area contributed by atoms with Gasteiger partial charge in [-0.2, -0.15) is 13.2 Å². The highest BCUT2D eigenvalue weighted by Gasteiger charge is 2.43. The topological polar surface area (TPSA) is 55.5 Å². The molecule has 1 aliphatic rings. The molecule has 0 aromatic carbocycles. The molecule has 1 atom stereocenters. The zero-order valence-corrected chi connectivity index (χ0v) is 8.39. The van der Waals surface area contributed by atoms with Crippen LogP contribution in [0.5, 0.6) is 0 Å². The maximum Gasteiger partial charge on any atom is 0.391 e. The molecular weight excluding hydrogens is 211 g/mol. The lowest BCUT2D eigenvalue weighted by Gasteiger charge is -2.26. The van der Waals surface area contributed by atoms with E-state index in [2.05, 4.69) is 0 Å². The standard InChI is InChI=1S/C9H16F3NO2/c10-9(11,12)3-4-15-6-8(14,5-13)7-1-2-7/h7,14H,1-6,13H2. The number of alkyl halides is 3. The zero-order chi connectivity index (χ0) is 11.5. The van der Waals surface area contributed by atoms with E-state index >= 15 is 0 Å². The summed E-state index contributed by atoms with van der Waals surface area (Å²) in [6.45, 7) is -0.494. The Hall–Kier alpha value is -0.330. The van der Waals surface area contributed by atoms with Crippen molar-refractivity contribution < 1.29 is 23.0 Å². The van der Waals surface area contributed by atoms with Crippen LogP contribution in [-0.2, 0) is 4.74 Å². The number of rotatable bonds is 6. The van der Waals surface area contributed by atoms with Gasteiger partial charge in [-0.3, -0.25) is 0 Å². The molecule has 0 aromatic heterocycles. The maximum atomic E-state index is 11.8. The summed E-state index contributed by atoms with van der Waals surface area (Å²) >= 11 is 0. The summed E-state index contributed by atoms with van der Waals surface area (Å²) in [5, 5.41) is 9.86. The van der Waals surface area contributed by atoms with Gasteiger partial charge in [-0.1, -0.05) is 0 Å². The summed E-state index contributed by atoms with van der Waals surface area (Å²) in [7, 11) is 0. The summed E-state index contributed by atoms with van der Waals surface area (Å²) in [6, 6.07) is 0. The van der Waals surface area contributed by atoms with Gasteiger partial charge in [0.15, 0.2) is 0 Å². The van der Waals surface area contributed by atoms with Crippen LogP contribution in [0.3, 0.4) is 0 Å². The molecule has 0 radical (unpaired) electrons. The van der Waals surface area contributed by atoms with Crippen LogP contribution < -0.4 is 5.73 Å². The fourth-order valence-electron chi connectivity index (χ4n) is 1.40. The third kappa shape index (κ3) is 4.36. The summed E-state index contributed by atoms with van der Waals surface area (Å²) < 4.78 is 40.1. The number of aliphatic hydroxyl groups is 1. The van der Waals surface area contributed by atoms with Crippen LogP contribution in [0.4, 0.5) is 13.2 Å². The summed E-state index contributed by atoms with van der Waals surface area (Å²) in [6.07, 6.45) is -3.45. The van der Waals surface area contributed by atoms with Crippen molar-refractivity contribution in [2.24, 2.45) is 11.7 Å². The van der Waals surface area contributed by atoms with E-state index in [0.29, 0.717) is 0 Å². The Morgan fingerprint density at radius 3 is 2.33 bits per heavy atom. The van der Waals surface area contributed by atoms with E-state index in [-0.39, 0.29) is 19.1 Å². The molecule has 0 saturated heterocycles. The van der Waals surface area contributed by atoms with E-state index in [1.807, 2.05) is 0 Å². The fraction of sp³-hybridized carbons (Fsp3) is 1.00. The molecule has 1 rings (SSSR count). The van der Waals surface area contributed by atoms with Gasteiger partial charge >= 0.3 is 6.18 Å². The van der Waals surface area contributed by atoms with Crippen LogP contribution in [0.1, 0.15) is 19.3 Å². The van der Waals surface area contributed by atoms with Gasteiger partial charge in [0.1, 0.15) is 5.60 Å². The first-order valence-corrected chi connectivity index (χ1v) is 4.94. The molecular formula is C9H16F3NO2. The largest absolute Gasteiger partial charge is 0.391 e. The molecule has 0 aliphatic heterocycles. The highest BCUT2D eigenvalue weighted by molar-refractivity contribution is 4.95. The van der Waals surface area contributed by atoms with Gasteiger partial charge in [-0.15, -0.1) is 0 Å². The van der Waals surface area contributed by atoms with Crippen molar-refractivity contribution in [2.75, 3.05) is 19.8 Å². The molecule has 1 saturated carbocycles. The summed E-state index contributed by atoms with van der Waals surface area (Å²) in [5.41, 5.74) is 4.23. The number of halogens is 3. The van der Waals surface area contributed by atoms with Crippen LogP contribution >= 0.6 is 0 Å². The molecule has 0 spiro atoms. The predicted octanol–water partition coefficient (Wildman–Crippen LogP) is 1.06. The number of hydrogen-bond donors (Lipinski definition) is 2. The van der Waals surface area contributed by atoms with E-state index in [4.69, 9.17) is 10.5 Å². The highest BCUT2D eigenvalue weighted by atomic mass is 19.4. The third-order valence-corrected chi connectivity index (χ3v) is 2.57. The lowest BCUT2D eigenvalue weighted by Crippen LogP contribution is -2.44. The molecule has 15 heavy (non-hydrogen) atoms. The quantitative estimate of drug-likeness (QED) is 0.667. The van der Waals surface area contributed by atoms with E-state index in [1.165, 1.54) is 0 Å². The number of nitrogens with two attached hydrogens (primary N) is 1. The van der Waals surface area contributed by atoms with Gasteiger partial charge in [0.2, 0.25) is 0 Å². The molecule has 1 unspecified atom stereocenters. The first-order valence-electron chi connectivity index (χ1n) is 4.94. The molecule has 0 amide bonds. The van der Waals surface area contributed by atoms with Crippen LogP contribution in [0.2, 0.25) is 0 Å². The molecule has 3 N–H and O–H groups in total. The minimum atomic E-state index is -4.21. The summed E-state index contributed by atoms with van der Waals surface area (Å²) in [5.74, 6) is 0.0911. The monoisotopic (exact) mass is 227 g/mol. The van der Waals surface area contributed by atoms with Crippen molar-refractivity contribution in [1.82, 2.24) is 0 Å². The maximum absolute atomic E-state index is 11.8. The zero-order valence-electron chi connectivity index (χ0n) is 8.39. The van der Waals surface area contributed by atoms with Crippen molar-refractivity contribution >= 4 is 0 Å². The van der Waals surface area contributed by atoms with Gasteiger partial charge < -0.3 is 15.6 Å². The average Bonchev–Trinajstić information content (AvgIpc) is 2.93. The Morgan fingerprint density at radius 1 is 1.33 bits per heavy atom. The fourth-order valence-corrected chi connectivity index (χ4v) is 1.40. The SMILES string of the molecule is NCC(O)(COCCC(F)(F)F)C1CC1. The van der Waals surface area contributed by atoms with Gasteiger partial charge in [0.05, 0.1) is 19.6 Å². The van der Waals surface area contributed by atoms with Crippen LogP contribution in [-0.4, -0.2) is 36.6 Å². The van der Waals surface area contributed by atoms with Crippen LogP contribution in [0.25, 0.3) is 0 Å². The Morgan fingerprint density at radius 2 is 1.93 bits per heavy atom. The number of hydrogen-bond acceptors (Lipinski definition) is 3. The molecule has 90 valence electrons. The molecule has 1 aliphatic carbocycles. The van der Waals surface area contributed by atoms with Gasteiger partial charge in [-0.05, 0) is 18.8 Å². The van der Waals surface area contributed by atoms with Crippen LogP contribution in [0.15, 0.2) is 0 Å². The second kappa shape index (κ2) is 4.67. The van der Waals surface area contributed by atoms with E-state index in [0.717, 1.165) is 12.8 Å². The second-order valence-electron chi connectivity index (χ2n) is 4.00. The van der Waals surface area contributed by atoms with Gasteiger partial charge in [-0.25, -0.2) is 0 Å². The minimum absolute atomic E-state index is 0.0314. The molecule has 6 heteroatoms. The van der Waals surface area contributed by atoms with Crippen molar-refractivity contribution in [3.63, 3.8) is 0 Å². The van der Waals surface area contributed by atoms with Crippen molar-refractivity contribution in [3.8, 4) is 0 Å². The number of ether oxygens (including phenoxy) is 1. The van der Waals surface area contributed by atoms with E-state index < -0.39 is 24.8 Å².